The van der Waals surface area contributed by atoms with Crippen molar-refractivity contribution >= 4 is 52.2 Å². The molecule has 0 N–H and O–H groups in total. The summed E-state index contributed by atoms with van der Waals surface area (Å²) in [4.78, 5) is 78.1. The lowest BCUT2D eigenvalue weighted by Gasteiger charge is -2.44. The van der Waals surface area contributed by atoms with Gasteiger partial charge in [-0.25, -0.2) is 9.78 Å². The van der Waals surface area contributed by atoms with Gasteiger partial charge in [-0.1, -0.05) is 0 Å². The largest absolute Gasteiger partial charge is 0.491 e. The van der Waals surface area contributed by atoms with Crippen molar-refractivity contribution in [1.82, 2.24) is 4.98 Å². The maximum absolute atomic E-state index is 13.5. The van der Waals surface area contributed by atoms with Crippen LogP contribution in [0.2, 0.25) is 0 Å². The quantitative estimate of drug-likeness (QED) is 0.215. The Morgan fingerprint density at radius 2 is 1.48 bits per heavy atom. The summed E-state index contributed by atoms with van der Waals surface area (Å²) in [6, 6.07) is 4.28. The van der Waals surface area contributed by atoms with Gasteiger partial charge in [-0.2, -0.15) is 0 Å². The van der Waals surface area contributed by atoms with E-state index in [0.29, 0.717) is 0 Å². The number of rotatable bonds is 11. The fraction of sp³-hybridized carbons (Fsp3) is 0.433. The fourth-order valence-corrected chi connectivity index (χ4v) is 5.35. The molecule has 1 saturated heterocycles. The van der Waals surface area contributed by atoms with Gasteiger partial charge in [0.15, 0.2) is 18.3 Å². The first-order valence-electron chi connectivity index (χ1n) is 14.0. The van der Waals surface area contributed by atoms with E-state index in [4.69, 9.17) is 37.6 Å². The van der Waals surface area contributed by atoms with Crippen LogP contribution in [0.25, 0.3) is 22.2 Å². The average Bonchev–Trinajstić information content (AvgIpc) is 3.51. The molecule has 3 heterocycles. The highest BCUT2D eigenvalue weighted by Gasteiger charge is 2.52. The highest BCUT2D eigenvalue weighted by molar-refractivity contribution is 7.07. The maximum atomic E-state index is 13.5. The van der Waals surface area contributed by atoms with Gasteiger partial charge < -0.3 is 37.6 Å². The first kappa shape index (κ1) is 34.1. The Kier molecular flexibility index (Phi) is 11.1. The number of thiazole rings is 1. The Balaban J connectivity index is 1.69. The molecule has 1 fully saturated rings. The molecule has 0 spiro atoms. The van der Waals surface area contributed by atoms with E-state index in [1.54, 1.807) is 12.3 Å². The topological polar surface area (TPSA) is 193 Å². The Bertz CT molecular complexity index is 1670. The standard InChI is InChI=1S/C30H31NO14S/c1-6-38-30(37)28-24(20-12-46-13-31-20)25(36)19-8-7-18(9-21(19)45-28)40-11-23-27(42-16(4)34)29(43-17(5)35)26(41-15(3)33)22(44-23)10-39-14(2)32/h7-9,12-13,22-23,26-27,29H,6,10-11H2,1-5H3/t22-,23+,26+,27-,29+/m0/s1. The highest BCUT2D eigenvalue weighted by Crippen LogP contribution is 2.31. The second-order valence-electron chi connectivity index (χ2n) is 9.94. The molecule has 2 aromatic heterocycles. The Hall–Kier alpha value is -4.83. The zero-order valence-electron chi connectivity index (χ0n) is 25.5. The van der Waals surface area contributed by atoms with Crippen molar-refractivity contribution in [3.63, 3.8) is 0 Å². The Labute approximate surface area is 265 Å². The monoisotopic (exact) mass is 661 g/mol. The first-order chi connectivity index (χ1) is 21.9. The molecule has 46 heavy (non-hydrogen) atoms. The van der Waals surface area contributed by atoms with Gasteiger partial charge in [0.2, 0.25) is 11.2 Å². The van der Waals surface area contributed by atoms with E-state index in [2.05, 4.69) is 4.98 Å². The summed E-state index contributed by atoms with van der Waals surface area (Å²) >= 11 is 1.24. The predicted molar refractivity (Wildman–Crippen MR) is 157 cm³/mol. The molecular formula is C30H31NO14S. The van der Waals surface area contributed by atoms with Gasteiger partial charge in [0.1, 0.15) is 36.8 Å². The number of nitrogens with zero attached hydrogens (tertiary/aromatic N) is 1. The molecule has 5 atom stereocenters. The van der Waals surface area contributed by atoms with Gasteiger partial charge in [0, 0.05) is 39.1 Å². The number of hydrogen-bond donors (Lipinski definition) is 0. The van der Waals surface area contributed by atoms with Crippen LogP contribution in [0.1, 0.15) is 45.2 Å². The predicted octanol–water partition coefficient (Wildman–Crippen LogP) is 2.60. The zero-order valence-corrected chi connectivity index (χ0v) is 26.3. The third-order valence-corrected chi connectivity index (χ3v) is 7.10. The summed E-state index contributed by atoms with van der Waals surface area (Å²) in [5.74, 6) is -3.97. The normalized spacial score (nSPS) is 20.8. The molecule has 0 bridgehead atoms. The van der Waals surface area contributed by atoms with Crippen molar-refractivity contribution in [3.05, 3.63) is 45.1 Å². The number of hydrogen-bond acceptors (Lipinski definition) is 16. The number of carbonyl (C=O) groups is 5. The molecule has 16 heteroatoms. The van der Waals surface area contributed by atoms with Gasteiger partial charge in [-0.15, -0.1) is 11.3 Å². The van der Waals surface area contributed by atoms with Crippen molar-refractivity contribution in [2.24, 2.45) is 0 Å². The molecule has 1 aromatic carbocycles. The van der Waals surface area contributed by atoms with Gasteiger partial charge in [-0.05, 0) is 19.1 Å². The van der Waals surface area contributed by atoms with Crippen molar-refractivity contribution in [1.29, 1.82) is 0 Å². The van der Waals surface area contributed by atoms with Crippen LogP contribution in [0.5, 0.6) is 5.75 Å². The highest BCUT2D eigenvalue weighted by atomic mass is 32.1. The number of carbonyl (C=O) groups excluding carboxylic acids is 5. The Morgan fingerprint density at radius 1 is 0.848 bits per heavy atom. The molecule has 0 radical (unpaired) electrons. The molecule has 246 valence electrons. The Morgan fingerprint density at radius 3 is 2.04 bits per heavy atom. The molecule has 1 aliphatic heterocycles. The minimum atomic E-state index is -1.36. The summed E-state index contributed by atoms with van der Waals surface area (Å²) < 4.78 is 44.3. The molecule has 15 nitrogen and oxygen atoms in total. The van der Waals surface area contributed by atoms with Crippen LogP contribution in [-0.2, 0) is 47.6 Å². The lowest BCUT2D eigenvalue weighted by atomic mass is 9.94. The van der Waals surface area contributed by atoms with Crippen LogP contribution in [0, 0.1) is 0 Å². The smallest absolute Gasteiger partial charge is 0.375 e. The van der Waals surface area contributed by atoms with E-state index in [1.165, 1.54) is 42.0 Å². The third-order valence-electron chi connectivity index (χ3n) is 6.51. The minimum Gasteiger partial charge on any atom is -0.491 e. The molecule has 0 unspecified atom stereocenters. The molecule has 0 saturated carbocycles. The zero-order chi connectivity index (χ0) is 33.5. The van der Waals surface area contributed by atoms with Crippen molar-refractivity contribution in [2.75, 3.05) is 19.8 Å². The van der Waals surface area contributed by atoms with Crippen molar-refractivity contribution in [3.8, 4) is 17.0 Å². The van der Waals surface area contributed by atoms with Crippen LogP contribution in [0.4, 0.5) is 0 Å². The second-order valence-corrected chi connectivity index (χ2v) is 10.7. The van der Waals surface area contributed by atoms with Gasteiger partial charge >= 0.3 is 29.8 Å². The molecular weight excluding hydrogens is 630 g/mol. The van der Waals surface area contributed by atoms with E-state index < -0.39 is 72.4 Å². The van der Waals surface area contributed by atoms with E-state index in [-0.39, 0.29) is 47.0 Å². The van der Waals surface area contributed by atoms with Gasteiger partial charge in [0.25, 0.3) is 0 Å². The first-order valence-corrected chi connectivity index (χ1v) is 14.9. The van der Waals surface area contributed by atoms with Crippen LogP contribution >= 0.6 is 11.3 Å². The van der Waals surface area contributed by atoms with Crippen molar-refractivity contribution in [2.45, 2.75) is 65.1 Å². The summed E-state index contributed by atoms with van der Waals surface area (Å²) in [5.41, 5.74) is 1.22. The van der Waals surface area contributed by atoms with Crippen molar-refractivity contribution < 1.29 is 61.5 Å². The van der Waals surface area contributed by atoms with Gasteiger partial charge in [-0.3, -0.25) is 24.0 Å². The summed E-state index contributed by atoms with van der Waals surface area (Å²) in [7, 11) is 0. The van der Waals surface area contributed by atoms with Crippen LogP contribution < -0.4 is 10.2 Å². The van der Waals surface area contributed by atoms with E-state index in [9.17, 15) is 28.8 Å². The van der Waals surface area contributed by atoms with Crippen LogP contribution in [0.3, 0.4) is 0 Å². The maximum Gasteiger partial charge on any atom is 0.375 e. The van der Waals surface area contributed by atoms with E-state index in [0.717, 1.165) is 20.8 Å². The average molecular weight is 662 g/mol. The van der Waals surface area contributed by atoms with E-state index in [1.807, 2.05) is 0 Å². The van der Waals surface area contributed by atoms with Gasteiger partial charge in [0.05, 0.1) is 28.8 Å². The number of benzene rings is 1. The minimum absolute atomic E-state index is 0.00563. The molecule has 0 amide bonds. The summed E-state index contributed by atoms with van der Waals surface area (Å²) in [6.45, 7) is 5.45. The summed E-state index contributed by atoms with van der Waals surface area (Å²) in [5, 5.41) is 1.74. The molecule has 3 aromatic rings. The lowest BCUT2D eigenvalue weighted by Crippen LogP contribution is -2.63. The molecule has 1 aliphatic rings. The fourth-order valence-electron chi connectivity index (χ4n) is 4.80. The second kappa shape index (κ2) is 15.0. The van der Waals surface area contributed by atoms with Crippen LogP contribution in [-0.4, -0.2) is 85.2 Å². The number of esters is 5. The van der Waals surface area contributed by atoms with E-state index >= 15 is 0 Å². The SMILES string of the molecule is CCOC(=O)c1oc2cc(OC[C@H]3O[C@@H](COC(C)=O)[C@@H](OC(C)=O)[C@@H](OC(C)=O)[C@H]3OC(C)=O)ccc2c(=O)c1-c1cscn1. The molecule has 0 aliphatic carbocycles. The van der Waals surface area contributed by atoms with Crippen LogP contribution in [0.15, 0.2) is 38.3 Å². The summed E-state index contributed by atoms with van der Waals surface area (Å²) in [6.07, 6.45) is -6.30. The number of fused-ring (bicyclic) bond motifs is 1. The number of ether oxygens (including phenoxy) is 7. The lowest BCUT2D eigenvalue weighted by molar-refractivity contribution is -0.255. The number of aromatic nitrogens is 1. The molecule has 4 rings (SSSR count). The third kappa shape index (κ3) is 8.06.